The summed E-state index contributed by atoms with van der Waals surface area (Å²) in [5.41, 5.74) is 10.8. The number of oxazole rings is 1. The van der Waals surface area contributed by atoms with E-state index in [0.29, 0.717) is 12.4 Å². The molecule has 2 aromatic carbocycles. The Hall–Kier alpha value is -2.13. The van der Waals surface area contributed by atoms with Crippen LogP contribution < -0.4 is 5.73 Å². The molecule has 0 unspecified atom stereocenters. The van der Waals surface area contributed by atoms with Gasteiger partial charge in [0.2, 0.25) is 5.89 Å². The summed E-state index contributed by atoms with van der Waals surface area (Å²) in [6.07, 6.45) is 0. The van der Waals surface area contributed by atoms with Crippen LogP contribution in [0.3, 0.4) is 0 Å². The largest absolute Gasteiger partial charge is 0.436 e. The van der Waals surface area contributed by atoms with Gasteiger partial charge in [0, 0.05) is 12.1 Å². The zero-order valence-electron chi connectivity index (χ0n) is 12.7. The van der Waals surface area contributed by atoms with E-state index in [9.17, 15) is 0 Å². The lowest BCUT2D eigenvalue weighted by Gasteiger charge is -2.18. The summed E-state index contributed by atoms with van der Waals surface area (Å²) in [5, 5.41) is 0. The predicted octanol–water partition coefficient (Wildman–Crippen LogP) is 4.25. The van der Waals surface area contributed by atoms with Crippen molar-refractivity contribution in [2.24, 2.45) is 5.73 Å². The molecule has 3 aromatic rings. The standard InChI is InChI=1S/C18H20N2O/c1-18(2,3)14-7-5-13(6-8-14)17-20-15-9-4-12(11-19)10-16(15)21-17/h4-10H,11,19H2,1-3H3. The maximum Gasteiger partial charge on any atom is 0.227 e. The van der Waals surface area contributed by atoms with Crippen LogP contribution in [0.4, 0.5) is 0 Å². The van der Waals surface area contributed by atoms with Gasteiger partial charge in [-0.3, -0.25) is 0 Å². The Morgan fingerprint density at radius 2 is 1.76 bits per heavy atom. The highest BCUT2D eigenvalue weighted by Gasteiger charge is 2.14. The van der Waals surface area contributed by atoms with Crippen molar-refractivity contribution in [3.8, 4) is 11.5 Å². The Balaban J connectivity index is 2.00. The van der Waals surface area contributed by atoms with Crippen LogP contribution in [-0.4, -0.2) is 4.98 Å². The van der Waals surface area contributed by atoms with Crippen LogP contribution in [0.2, 0.25) is 0 Å². The van der Waals surface area contributed by atoms with Crippen LogP contribution >= 0.6 is 0 Å². The second-order valence-corrected chi connectivity index (χ2v) is 6.35. The van der Waals surface area contributed by atoms with E-state index in [1.165, 1.54) is 5.56 Å². The van der Waals surface area contributed by atoms with Crippen LogP contribution in [0.5, 0.6) is 0 Å². The van der Waals surface area contributed by atoms with Crippen molar-refractivity contribution >= 4 is 11.1 Å². The van der Waals surface area contributed by atoms with E-state index in [-0.39, 0.29) is 5.41 Å². The van der Waals surface area contributed by atoms with Crippen LogP contribution in [0.1, 0.15) is 31.9 Å². The number of benzene rings is 2. The Morgan fingerprint density at radius 3 is 2.38 bits per heavy atom. The minimum absolute atomic E-state index is 0.149. The highest BCUT2D eigenvalue weighted by Crippen LogP contribution is 2.28. The van der Waals surface area contributed by atoms with Crippen molar-refractivity contribution in [1.82, 2.24) is 4.98 Å². The minimum Gasteiger partial charge on any atom is -0.436 e. The fourth-order valence-corrected chi connectivity index (χ4v) is 2.33. The molecule has 0 aliphatic heterocycles. The van der Waals surface area contributed by atoms with Gasteiger partial charge in [0.05, 0.1) is 0 Å². The molecule has 0 amide bonds. The summed E-state index contributed by atoms with van der Waals surface area (Å²) < 4.78 is 5.86. The Kier molecular flexibility index (Phi) is 3.30. The number of nitrogens with zero attached hydrogens (tertiary/aromatic N) is 1. The molecule has 0 aliphatic carbocycles. The minimum atomic E-state index is 0.149. The van der Waals surface area contributed by atoms with Gasteiger partial charge < -0.3 is 10.2 Å². The second kappa shape index (κ2) is 5.01. The summed E-state index contributed by atoms with van der Waals surface area (Å²) >= 11 is 0. The summed E-state index contributed by atoms with van der Waals surface area (Å²) in [5.74, 6) is 0.652. The molecule has 0 saturated heterocycles. The van der Waals surface area contributed by atoms with Crippen molar-refractivity contribution in [3.05, 3.63) is 53.6 Å². The molecule has 21 heavy (non-hydrogen) atoms. The smallest absolute Gasteiger partial charge is 0.227 e. The fourth-order valence-electron chi connectivity index (χ4n) is 2.33. The summed E-state index contributed by atoms with van der Waals surface area (Å²) in [6.45, 7) is 7.12. The zero-order valence-corrected chi connectivity index (χ0v) is 12.7. The van der Waals surface area contributed by atoms with Gasteiger partial charge in [0.25, 0.3) is 0 Å². The van der Waals surface area contributed by atoms with Gasteiger partial charge in [-0.05, 0) is 40.8 Å². The molecule has 0 radical (unpaired) electrons. The monoisotopic (exact) mass is 280 g/mol. The van der Waals surface area contributed by atoms with Crippen LogP contribution in [0.25, 0.3) is 22.6 Å². The topological polar surface area (TPSA) is 52.0 Å². The van der Waals surface area contributed by atoms with Crippen molar-refractivity contribution < 1.29 is 4.42 Å². The zero-order chi connectivity index (χ0) is 15.0. The second-order valence-electron chi connectivity index (χ2n) is 6.35. The van der Waals surface area contributed by atoms with E-state index < -0.39 is 0 Å². The Labute approximate surface area is 124 Å². The van der Waals surface area contributed by atoms with Gasteiger partial charge in [-0.1, -0.05) is 39.0 Å². The van der Waals surface area contributed by atoms with Crippen LogP contribution in [0, 0.1) is 0 Å². The molecular formula is C18H20N2O. The maximum absolute atomic E-state index is 5.86. The highest BCUT2D eigenvalue weighted by molar-refractivity contribution is 5.76. The Bertz CT molecular complexity index is 764. The number of hydrogen-bond acceptors (Lipinski definition) is 3. The Morgan fingerprint density at radius 1 is 1.05 bits per heavy atom. The molecule has 0 atom stereocenters. The third-order valence-corrected chi connectivity index (χ3v) is 3.69. The van der Waals surface area contributed by atoms with E-state index >= 15 is 0 Å². The van der Waals surface area contributed by atoms with Crippen molar-refractivity contribution in [2.45, 2.75) is 32.7 Å². The average Bonchev–Trinajstić information content (AvgIpc) is 2.89. The molecule has 0 aliphatic rings. The third-order valence-electron chi connectivity index (χ3n) is 3.69. The molecule has 0 spiro atoms. The molecule has 3 heteroatoms. The number of rotatable bonds is 2. The lowest BCUT2D eigenvalue weighted by atomic mass is 9.87. The number of aromatic nitrogens is 1. The first-order valence-corrected chi connectivity index (χ1v) is 7.18. The molecule has 2 N–H and O–H groups in total. The van der Waals surface area contributed by atoms with Gasteiger partial charge in [-0.2, -0.15) is 0 Å². The van der Waals surface area contributed by atoms with Crippen molar-refractivity contribution in [1.29, 1.82) is 0 Å². The first-order valence-electron chi connectivity index (χ1n) is 7.18. The first kappa shape index (κ1) is 13.8. The SMILES string of the molecule is CC(C)(C)c1ccc(-c2nc3ccc(CN)cc3o2)cc1. The molecule has 108 valence electrons. The molecule has 3 rings (SSSR count). The van der Waals surface area contributed by atoms with Crippen LogP contribution in [0.15, 0.2) is 46.9 Å². The summed E-state index contributed by atoms with van der Waals surface area (Å²) in [6, 6.07) is 14.3. The number of hydrogen-bond donors (Lipinski definition) is 1. The molecule has 0 saturated carbocycles. The lowest BCUT2D eigenvalue weighted by molar-refractivity contribution is 0.589. The van der Waals surface area contributed by atoms with Crippen LogP contribution in [-0.2, 0) is 12.0 Å². The van der Waals surface area contributed by atoms with Gasteiger partial charge in [-0.25, -0.2) is 4.98 Å². The van der Waals surface area contributed by atoms with Gasteiger partial charge in [-0.15, -0.1) is 0 Å². The maximum atomic E-state index is 5.86. The molecule has 0 bridgehead atoms. The molecule has 3 nitrogen and oxygen atoms in total. The summed E-state index contributed by atoms with van der Waals surface area (Å²) in [7, 11) is 0. The van der Waals surface area contributed by atoms with E-state index in [0.717, 1.165) is 22.2 Å². The highest BCUT2D eigenvalue weighted by atomic mass is 16.3. The summed E-state index contributed by atoms with van der Waals surface area (Å²) in [4.78, 5) is 4.54. The van der Waals surface area contributed by atoms with Gasteiger partial charge in [0.15, 0.2) is 5.58 Å². The molecule has 1 heterocycles. The predicted molar refractivity (Wildman–Crippen MR) is 86.0 cm³/mol. The van der Waals surface area contributed by atoms with Gasteiger partial charge in [0.1, 0.15) is 5.52 Å². The quantitative estimate of drug-likeness (QED) is 0.763. The van der Waals surface area contributed by atoms with E-state index in [4.69, 9.17) is 10.2 Å². The third kappa shape index (κ3) is 2.69. The first-order chi connectivity index (χ1) is 9.97. The molecule has 0 fully saturated rings. The van der Waals surface area contributed by atoms with Gasteiger partial charge >= 0.3 is 0 Å². The van der Waals surface area contributed by atoms with E-state index in [1.54, 1.807) is 0 Å². The molecule has 1 aromatic heterocycles. The average molecular weight is 280 g/mol. The lowest BCUT2D eigenvalue weighted by Crippen LogP contribution is -2.10. The number of nitrogens with two attached hydrogens (primary N) is 1. The van der Waals surface area contributed by atoms with E-state index in [1.807, 2.05) is 18.2 Å². The van der Waals surface area contributed by atoms with Crippen molar-refractivity contribution in [2.75, 3.05) is 0 Å². The van der Waals surface area contributed by atoms with E-state index in [2.05, 4.69) is 50.0 Å². The fraction of sp³-hybridized carbons (Fsp3) is 0.278. The normalized spacial score (nSPS) is 12.0. The van der Waals surface area contributed by atoms with Crippen molar-refractivity contribution in [3.63, 3.8) is 0 Å². The number of fused-ring (bicyclic) bond motifs is 1. The molecular weight excluding hydrogens is 260 g/mol.